The van der Waals surface area contributed by atoms with Crippen LogP contribution in [0.5, 0.6) is 11.5 Å². The van der Waals surface area contributed by atoms with Crippen LogP contribution in [0, 0.1) is 5.92 Å². The Kier molecular flexibility index (Phi) is 5.25. The SMILES string of the molecule is CC(C)(C)NC(=O)CNC(=O)[C@H]1CC(=O)N(c2ccc3c(c2)OCCO3)C1. The lowest BCUT2D eigenvalue weighted by molar-refractivity contribution is -0.129. The van der Waals surface area contributed by atoms with Gasteiger partial charge in [-0.25, -0.2) is 0 Å². The molecule has 2 heterocycles. The first-order chi connectivity index (χ1) is 12.7. The second kappa shape index (κ2) is 7.46. The van der Waals surface area contributed by atoms with E-state index in [2.05, 4.69) is 10.6 Å². The van der Waals surface area contributed by atoms with E-state index in [0.717, 1.165) is 0 Å². The lowest BCUT2D eigenvalue weighted by Gasteiger charge is -2.22. The van der Waals surface area contributed by atoms with E-state index in [-0.39, 0.29) is 42.8 Å². The van der Waals surface area contributed by atoms with Gasteiger partial charge in [-0.3, -0.25) is 14.4 Å². The summed E-state index contributed by atoms with van der Waals surface area (Å²) in [7, 11) is 0. The smallest absolute Gasteiger partial charge is 0.239 e. The Bertz CT molecular complexity index is 756. The number of hydrogen-bond donors (Lipinski definition) is 2. The van der Waals surface area contributed by atoms with Gasteiger partial charge in [0.25, 0.3) is 0 Å². The molecular weight excluding hydrogens is 350 g/mol. The van der Waals surface area contributed by atoms with E-state index in [4.69, 9.17) is 9.47 Å². The molecule has 1 aromatic rings. The Balaban J connectivity index is 1.58. The second-order valence-corrected chi connectivity index (χ2v) is 7.75. The molecule has 2 aliphatic heterocycles. The number of benzene rings is 1. The highest BCUT2D eigenvalue weighted by Crippen LogP contribution is 2.35. The molecule has 0 saturated carbocycles. The Labute approximate surface area is 158 Å². The van der Waals surface area contributed by atoms with Crippen LogP contribution in [-0.2, 0) is 14.4 Å². The van der Waals surface area contributed by atoms with Crippen LogP contribution in [0.3, 0.4) is 0 Å². The van der Waals surface area contributed by atoms with Crippen molar-refractivity contribution in [2.45, 2.75) is 32.7 Å². The van der Waals surface area contributed by atoms with Gasteiger partial charge in [0.1, 0.15) is 13.2 Å². The highest BCUT2D eigenvalue weighted by atomic mass is 16.6. The maximum absolute atomic E-state index is 12.4. The first kappa shape index (κ1) is 19.0. The van der Waals surface area contributed by atoms with Crippen LogP contribution in [0.15, 0.2) is 18.2 Å². The van der Waals surface area contributed by atoms with Crippen LogP contribution >= 0.6 is 0 Å². The van der Waals surface area contributed by atoms with E-state index in [1.807, 2.05) is 20.8 Å². The predicted octanol–water partition coefficient (Wildman–Crippen LogP) is 0.842. The number of nitrogens with one attached hydrogen (secondary N) is 2. The van der Waals surface area contributed by atoms with Gasteiger partial charge in [0.15, 0.2) is 11.5 Å². The summed E-state index contributed by atoms with van der Waals surface area (Å²) in [5.74, 6) is 0.0597. The Hall–Kier alpha value is -2.77. The van der Waals surface area contributed by atoms with Crippen LogP contribution in [0.1, 0.15) is 27.2 Å². The monoisotopic (exact) mass is 375 g/mol. The maximum Gasteiger partial charge on any atom is 0.239 e. The fraction of sp³-hybridized carbons (Fsp3) is 0.526. The van der Waals surface area contributed by atoms with Crippen molar-refractivity contribution in [3.05, 3.63) is 18.2 Å². The molecule has 0 spiro atoms. The van der Waals surface area contributed by atoms with Gasteiger partial charge >= 0.3 is 0 Å². The zero-order chi connectivity index (χ0) is 19.6. The average molecular weight is 375 g/mol. The van der Waals surface area contributed by atoms with Crippen LogP contribution in [0.25, 0.3) is 0 Å². The van der Waals surface area contributed by atoms with Crippen molar-refractivity contribution >= 4 is 23.4 Å². The largest absolute Gasteiger partial charge is 0.486 e. The Morgan fingerprint density at radius 3 is 2.59 bits per heavy atom. The number of hydrogen-bond acceptors (Lipinski definition) is 5. The van der Waals surface area contributed by atoms with E-state index in [1.54, 1.807) is 23.1 Å². The summed E-state index contributed by atoms with van der Waals surface area (Å²) in [6, 6.07) is 5.30. The third-order valence-electron chi connectivity index (χ3n) is 4.27. The molecule has 0 bridgehead atoms. The fourth-order valence-electron chi connectivity index (χ4n) is 3.11. The topological polar surface area (TPSA) is 97.0 Å². The molecular formula is C19H25N3O5. The molecule has 1 saturated heterocycles. The summed E-state index contributed by atoms with van der Waals surface area (Å²) in [6.45, 7) is 6.73. The van der Waals surface area contributed by atoms with Crippen molar-refractivity contribution in [3.8, 4) is 11.5 Å². The number of anilines is 1. The number of nitrogens with zero attached hydrogens (tertiary/aromatic N) is 1. The molecule has 27 heavy (non-hydrogen) atoms. The third-order valence-corrected chi connectivity index (χ3v) is 4.27. The zero-order valence-electron chi connectivity index (χ0n) is 15.8. The van der Waals surface area contributed by atoms with Gasteiger partial charge in [0.05, 0.1) is 12.5 Å². The summed E-state index contributed by atoms with van der Waals surface area (Å²) in [4.78, 5) is 38.1. The summed E-state index contributed by atoms with van der Waals surface area (Å²) < 4.78 is 11.0. The summed E-state index contributed by atoms with van der Waals surface area (Å²) in [5.41, 5.74) is 0.310. The first-order valence-electron chi connectivity index (χ1n) is 9.02. The van der Waals surface area contributed by atoms with Crippen LogP contribution in [-0.4, -0.2) is 49.6 Å². The van der Waals surface area contributed by atoms with Crippen molar-refractivity contribution < 1.29 is 23.9 Å². The van der Waals surface area contributed by atoms with E-state index < -0.39 is 5.92 Å². The number of amides is 3. The third kappa shape index (κ3) is 4.69. The molecule has 1 atom stereocenters. The highest BCUT2D eigenvalue weighted by Gasteiger charge is 2.35. The van der Waals surface area contributed by atoms with Crippen LogP contribution in [0.2, 0.25) is 0 Å². The molecule has 0 aromatic heterocycles. The van der Waals surface area contributed by atoms with Gasteiger partial charge in [-0.05, 0) is 32.9 Å². The number of ether oxygens (including phenoxy) is 2. The standard InChI is InChI=1S/C19H25N3O5/c1-19(2,3)21-16(23)10-20-18(25)12-8-17(24)22(11-12)13-4-5-14-15(9-13)27-7-6-26-14/h4-5,9,12H,6-8,10-11H2,1-3H3,(H,20,25)(H,21,23)/t12-/m0/s1. The van der Waals surface area contributed by atoms with Crippen LogP contribution in [0.4, 0.5) is 5.69 Å². The normalized spacial score (nSPS) is 19.0. The lowest BCUT2D eigenvalue weighted by Crippen LogP contribution is -2.46. The molecule has 1 fully saturated rings. The maximum atomic E-state index is 12.4. The summed E-state index contributed by atoms with van der Waals surface area (Å²) in [5, 5.41) is 5.40. The van der Waals surface area contributed by atoms with E-state index >= 15 is 0 Å². The average Bonchev–Trinajstić information content (AvgIpc) is 2.99. The second-order valence-electron chi connectivity index (χ2n) is 7.75. The molecule has 0 radical (unpaired) electrons. The fourth-order valence-corrected chi connectivity index (χ4v) is 3.11. The van der Waals surface area contributed by atoms with Gasteiger partial charge in [-0.1, -0.05) is 0 Å². The molecule has 2 N–H and O–H groups in total. The van der Waals surface area contributed by atoms with Crippen molar-refractivity contribution in [1.82, 2.24) is 10.6 Å². The number of carbonyl (C=O) groups is 3. The Morgan fingerprint density at radius 1 is 1.19 bits per heavy atom. The van der Waals surface area contributed by atoms with Crippen LogP contribution < -0.4 is 25.0 Å². The molecule has 0 aliphatic carbocycles. The van der Waals surface area contributed by atoms with Crippen molar-refractivity contribution in [3.63, 3.8) is 0 Å². The van der Waals surface area contributed by atoms with Gasteiger partial charge < -0.3 is 25.0 Å². The first-order valence-corrected chi connectivity index (χ1v) is 9.02. The molecule has 2 aliphatic rings. The van der Waals surface area contributed by atoms with Crippen molar-refractivity contribution in [2.75, 3.05) is 31.2 Å². The van der Waals surface area contributed by atoms with Gasteiger partial charge in [0, 0.05) is 30.3 Å². The minimum Gasteiger partial charge on any atom is -0.486 e. The van der Waals surface area contributed by atoms with Crippen molar-refractivity contribution in [2.24, 2.45) is 5.92 Å². The zero-order valence-corrected chi connectivity index (χ0v) is 15.8. The molecule has 146 valence electrons. The minimum atomic E-state index is -0.492. The Morgan fingerprint density at radius 2 is 1.89 bits per heavy atom. The predicted molar refractivity (Wildman–Crippen MR) is 98.8 cm³/mol. The quantitative estimate of drug-likeness (QED) is 0.813. The van der Waals surface area contributed by atoms with E-state index in [9.17, 15) is 14.4 Å². The van der Waals surface area contributed by atoms with Crippen molar-refractivity contribution in [1.29, 1.82) is 0 Å². The summed E-state index contributed by atoms with van der Waals surface area (Å²) >= 11 is 0. The molecule has 8 nitrogen and oxygen atoms in total. The number of rotatable bonds is 4. The molecule has 3 amide bonds. The highest BCUT2D eigenvalue weighted by molar-refractivity contribution is 6.01. The molecule has 3 rings (SSSR count). The van der Waals surface area contributed by atoms with Gasteiger partial charge in [0.2, 0.25) is 17.7 Å². The van der Waals surface area contributed by atoms with E-state index in [1.165, 1.54) is 0 Å². The van der Waals surface area contributed by atoms with Gasteiger partial charge in [-0.15, -0.1) is 0 Å². The van der Waals surface area contributed by atoms with Gasteiger partial charge in [-0.2, -0.15) is 0 Å². The lowest BCUT2D eigenvalue weighted by atomic mass is 10.1. The number of fused-ring (bicyclic) bond motifs is 1. The minimum absolute atomic E-state index is 0.106. The van der Waals surface area contributed by atoms with E-state index in [0.29, 0.717) is 30.4 Å². The molecule has 0 unspecified atom stereocenters. The molecule has 8 heteroatoms. The number of carbonyl (C=O) groups excluding carboxylic acids is 3. The molecule has 1 aromatic carbocycles. The summed E-state index contributed by atoms with van der Waals surface area (Å²) in [6.07, 6.45) is 0.112.